The minimum absolute atomic E-state index is 0.0257. The Balaban J connectivity index is 1.26. The van der Waals surface area contributed by atoms with Gasteiger partial charge in [-0.15, -0.1) is 0 Å². The van der Waals surface area contributed by atoms with E-state index in [1.807, 2.05) is 48.0 Å². The van der Waals surface area contributed by atoms with Gasteiger partial charge >= 0.3 is 0 Å². The largest absolute Gasteiger partial charge is 0.354 e. The van der Waals surface area contributed by atoms with E-state index in [-0.39, 0.29) is 5.91 Å². The van der Waals surface area contributed by atoms with Crippen LogP contribution in [0, 0.1) is 13.8 Å². The molecule has 0 spiro atoms. The van der Waals surface area contributed by atoms with Crippen LogP contribution in [-0.4, -0.2) is 63.6 Å². The van der Waals surface area contributed by atoms with Crippen LogP contribution >= 0.6 is 0 Å². The van der Waals surface area contributed by atoms with Crippen LogP contribution in [0.2, 0.25) is 0 Å². The number of hydrogen-bond donors (Lipinski definition) is 1. The van der Waals surface area contributed by atoms with E-state index in [4.69, 9.17) is 10.1 Å². The van der Waals surface area contributed by atoms with Gasteiger partial charge in [0.2, 0.25) is 5.91 Å². The first-order valence-electron chi connectivity index (χ1n) is 11.9. The lowest BCUT2D eigenvalue weighted by molar-refractivity contribution is -0.121. The van der Waals surface area contributed by atoms with Crippen LogP contribution in [0.25, 0.3) is 16.6 Å². The first-order chi connectivity index (χ1) is 16.5. The van der Waals surface area contributed by atoms with Gasteiger partial charge in [-0.25, -0.2) is 14.5 Å². The number of hydrogen-bond acceptors (Lipinski definition) is 6. The van der Waals surface area contributed by atoms with Crippen LogP contribution in [0.5, 0.6) is 0 Å². The van der Waals surface area contributed by atoms with Crippen LogP contribution in [0.15, 0.2) is 42.6 Å². The summed E-state index contributed by atoms with van der Waals surface area (Å²) in [5.41, 5.74) is 5.92. The molecule has 4 heterocycles. The number of aromatic nitrogens is 4. The van der Waals surface area contributed by atoms with Crippen LogP contribution in [0.3, 0.4) is 0 Å². The highest BCUT2D eigenvalue weighted by molar-refractivity contribution is 5.92. The Morgan fingerprint density at radius 1 is 1.06 bits per heavy atom. The predicted molar refractivity (Wildman–Crippen MR) is 134 cm³/mol. The van der Waals surface area contributed by atoms with Crippen molar-refractivity contribution < 1.29 is 4.79 Å². The molecule has 0 unspecified atom stereocenters. The van der Waals surface area contributed by atoms with Gasteiger partial charge in [-0.05, 0) is 51.1 Å². The van der Waals surface area contributed by atoms with Crippen molar-refractivity contribution in [2.45, 2.75) is 33.2 Å². The lowest BCUT2D eigenvalue weighted by Crippen LogP contribution is -2.45. The maximum Gasteiger partial charge on any atom is 0.220 e. The van der Waals surface area contributed by atoms with Crippen molar-refractivity contribution in [1.29, 1.82) is 0 Å². The second-order valence-electron chi connectivity index (χ2n) is 9.07. The number of carbonyl (C=O) groups is 1. The number of fused-ring (bicyclic) bond motifs is 3. The van der Waals surface area contributed by atoms with E-state index in [2.05, 4.69) is 40.1 Å². The number of amides is 1. The Labute approximate surface area is 199 Å². The molecule has 1 saturated heterocycles. The number of nitrogens with one attached hydrogen (secondary N) is 1. The van der Waals surface area contributed by atoms with Crippen LogP contribution in [-0.2, 0) is 17.8 Å². The maximum absolute atomic E-state index is 12.8. The third kappa shape index (κ3) is 4.33. The fourth-order valence-corrected chi connectivity index (χ4v) is 4.73. The van der Waals surface area contributed by atoms with Gasteiger partial charge in [0.05, 0.1) is 5.52 Å². The normalized spacial score (nSPS) is 14.7. The highest BCUT2D eigenvalue weighted by atomic mass is 16.1. The minimum atomic E-state index is 0.0257. The van der Waals surface area contributed by atoms with Gasteiger partial charge in [0.15, 0.2) is 5.65 Å². The molecule has 3 aromatic heterocycles. The number of piperazine rings is 1. The summed E-state index contributed by atoms with van der Waals surface area (Å²) in [5, 5.41) is 8.86. The fourth-order valence-electron chi connectivity index (χ4n) is 4.73. The topological polar surface area (TPSA) is 78.7 Å². The van der Waals surface area contributed by atoms with Gasteiger partial charge < -0.3 is 15.1 Å². The van der Waals surface area contributed by atoms with Crippen LogP contribution < -0.4 is 10.2 Å². The third-order valence-electron chi connectivity index (χ3n) is 6.77. The van der Waals surface area contributed by atoms with E-state index in [0.717, 1.165) is 71.1 Å². The number of nitrogens with zero attached hydrogens (tertiary/aromatic N) is 6. The molecule has 0 bridgehead atoms. The van der Waals surface area contributed by atoms with Crippen molar-refractivity contribution in [3.63, 3.8) is 0 Å². The van der Waals surface area contributed by atoms with Gasteiger partial charge in [-0.2, -0.15) is 5.10 Å². The van der Waals surface area contributed by atoms with E-state index in [0.29, 0.717) is 19.4 Å². The van der Waals surface area contributed by atoms with Gasteiger partial charge in [0.25, 0.3) is 0 Å². The summed E-state index contributed by atoms with van der Waals surface area (Å²) < 4.78 is 1.91. The molecule has 0 radical (unpaired) electrons. The lowest BCUT2D eigenvalue weighted by Gasteiger charge is -2.34. The quantitative estimate of drug-likeness (QED) is 0.480. The van der Waals surface area contributed by atoms with Crippen molar-refractivity contribution in [3.05, 3.63) is 65.1 Å². The van der Waals surface area contributed by atoms with Gasteiger partial charge in [0, 0.05) is 67.7 Å². The predicted octanol–water partition coefficient (Wildman–Crippen LogP) is 2.90. The molecule has 176 valence electrons. The summed E-state index contributed by atoms with van der Waals surface area (Å²) in [6.45, 7) is 8.49. The Morgan fingerprint density at radius 3 is 2.68 bits per heavy atom. The molecule has 1 aliphatic rings. The van der Waals surface area contributed by atoms with E-state index < -0.39 is 0 Å². The highest BCUT2D eigenvalue weighted by Crippen LogP contribution is 2.23. The second-order valence-corrected chi connectivity index (χ2v) is 9.07. The molecule has 1 amide bonds. The van der Waals surface area contributed by atoms with Crippen molar-refractivity contribution in [2.75, 3.05) is 38.1 Å². The molecule has 34 heavy (non-hydrogen) atoms. The molecule has 4 aromatic rings. The van der Waals surface area contributed by atoms with Crippen molar-refractivity contribution in [2.24, 2.45) is 0 Å². The SMILES string of the molecule is Cc1nc2c3ccccc3nn2c(C)c1CCC(=O)NCc1cccnc1N1CCN(C)CC1. The zero-order chi connectivity index (χ0) is 23.7. The van der Waals surface area contributed by atoms with E-state index >= 15 is 0 Å². The molecule has 8 heteroatoms. The zero-order valence-electron chi connectivity index (χ0n) is 20.1. The molecule has 1 N–H and O–H groups in total. The number of aryl methyl sites for hydroxylation is 2. The average molecular weight is 458 g/mol. The Morgan fingerprint density at radius 2 is 1.85 bits per heavy atom. The van der Waals surface area contributed by atoms with E-state index in [1.165, 1.54) is 0 Å². The molecule has 1 fully saturated rings. The fraction of sp³-hybridized carbons (Fsp3) is 0.385. The molecular formula is C26H31N7O. The highest BCUT2D eigenvalue weighted by Gasteiger charge is 2.19. The Kier molecular flexibility index (Phi) is 6.15. The van der Waals surface area contributed by atoms with Crippen LogP contribution in [0.4, 0.5) is 5.82 Å². The molecule has 0 atom stereocenters. The van der Waals surface area contributed by atoms with Gasteiger partial charge in [0.1, 0.15) is 5.82 Å². The van der Waals surface area contributed by atoms with Crippen molar-refractivity contribution in [1.82, 2.24) is 29.8 Å². The van der Waals surface area contributed by atoms with Crippen molar-refractivity contribution in [3.8, 4) is 0 Å². The summed E-state index contributed by atoms with van der Waals surface area (Å²) in [4.78, 5) is 26.8. The lowest BCUT2D eigenvalue weighted by atomic mass is 10.1. The van der Waals surface area contributed by atoms with Crippen molar-refractivity contribution >= 4 is 28.3 Å². The number of benzene rings is 1. The third-order valence-corrected chi connectivity index (χ3v) is 6.77. The number of likely N-dealkylation sites (N-methyl/N-ethyl adjacent to an activating group) is 1. The summed E-state index contributed by atoms with van der Waals surface area (Å²) in [5.74, 6) is 1.00. The Bertz CT molecular complexity index is 1340. The summed E-state index contributed by atoms with van der Waals surface area (Å²) in [6, 6.07) is 12.0. The number of rotatable bonds is 6. The van der Waals surface area contributed by atoms with E-state index in [9.17, 15) is 4.79 Å². The Hall–Kier alpha value is -3.52. The van der Waals surface area contributed by atoms with E-state index in [1.54, 1.807) is 0 Å². The molecule has 1 aliphatic heterocycles. The molecule has 0 aliphatic carbocycles. The first kappa shape index (κ1) is 22.3. The summed E-state index contributed by atoms with van der Waals surface area (Å²) in [7, 11) is 2.14. The summed E-state index contributed by atoms with van der Waals surface area (Å²) >= 11 is 0. The monoisotopic (exact) mass is 457 g/mol. The molecule has 0 saturated carbocycles. The number of anilines is 1. The minimum Gasteiger partial charge on any atom is -0.354 e. The van der Waals surface area contributed by atoms with Crippen LogP contribution in [0.1, 0.15) is 28.9 Å². The second kappa shape index (κ2) is 9.38. The molecule has 8 nitrogen and oxygen atoms in total. The van der Waals surface area contributed by atoms with Gasteiger partial charge in [-0.1, -0.05) is 18.2 Å². The standard InChI is InChI=1S/C26H31N7O/c1-18-21(19(2)33-26(29-18)22-8-4-5-9-23(22)30-33)10-11-24(34)28-17-20-7-6-12-27-25(20)32-15-13-31(3)14-16-32/h4-9,12H,10-11,13-17H2,1-3H3,(H,28,34). The smallest absolute Gasteiger partial charge is 0.220 e. The maximum atomic E-state index is 12.8. The number of carbonyl (C=O) groups excluding carboxylic acids is 1. The zero-order valence-corrected chi connectivity index (χ0v) is 20.1. The summed E-state index contributed by atoms with van der Waals surface area (Å²) in [6.07, 6.45) is 2.85. The first-order valence-corrected chi connectivity index (χ1v) is 11.9. The van der Waals surface area contributed by atoms with Gasteiger partial charge in [-0.3, -0.25) is 4.79 Å². The molecular weight excluding hydrogens is 426 g/mol. The number of pyridine rings is 1. The average Bonchev–Trinajstić information content (AvgIpc) is 3.22. The molecule has 1 aromatic carbocycles. The molecule has 5 rings (SSSR count).